The molecule has 1 amide bonds. The molecule has 6 nitrogen and oxygen atoms in total. The van der Waals surface area contributed by atoms with Crippen molar-refractivity contribution in [2.75, 3.05) is 19.7 Å². The lowest BCUT2D eigenvalue weighted by atomic mass is 9.98. The van der Waals surface area contributed by atoms with E-state index in [0.717, 1.165) is 19.4 Å². The second-order valence-electron chi connectivity index (χ2n) is 5.78. The van der Waals surface area contributed by atoms with Crippen molar-refractivity contribution in [2.45, 2.75) is 12.8 Å². The minimum atomic E-state index is -0.0371. The number of hydrogen-bond donors (Lipinski definition) is 0. The van der Waals surface area contributed by atoms with E-state index in [0.29, 0.717) is 30.3 Å². The van der Waals surface area contributed by atoms with E-state index < -0.39 is 0 Å². The monoisotopic (exact) mass is 322 g/mol. The molecule has 0 aromatic carbocycles. The van der Waals surface area contributed by atoms with Gasteiger partial charge in [-0.15, -0.1) is 0 Å². The van der Waals surface area contributed by atoms with Gasteiger partial charge in [-0.3, -0.25) is 9.78 Å². The molecule has 2 aromatic rings. The van der Waals surface area contributed by atoms with E-state index in [2.05, 4.69) is 16.0 Å². The topological polar surface area (TPSA) is 79.1 Å². The third-order valence-electron chi connectivity index (χ3n) is 4.02. The number of likely N-dealkylation sites (tertiary alicyclic amines) is 1. The van der Waals surface area contributed by atoms with E-state index in [1.807, 2.05) is 11.0 Å². The molecular weight excluding hydrogens is 304 g/mol. The van der Waals surface area contributed by atoms with Gasteiger partial charge in [0, 0.05) is 37.5 Å². The number of ether oxygens (including phenoxy) is 1. The van der Waals surface area contributed by atoms with Gasteiger partial charge in [-0.25, -0.2) is 4.98 Å². The predicted molar refractivity (Wildman–Crippen MR) is 87.3 cm³/mol. The van der Waals surface area contributed by atoms with Gasteiger partial charge >= 0.3 is 0 Å². The Labute approximate surface area is 140 Å². The first-order chi connectivity index (χ1) is 11.8. The Hall–Kier alpha value is -2.94. The fourth-order valence-corrected chi connectivity index (χ4v) is 2.80. The number of amides is 1. The van der Waals surface area contributed by atoms with Crippen LogP contribution in [-0.2, 0) is 0 Å². The number of pyridine rings is 2. The van der Waals surface area contributed by atoms with Gasteiger partial charge in [0.25, 0.3) is 5.91 Å². The van der Waals surface area contributed by atoms with E-state index in [-0.39, 0.29) is 11.8 Å². The molecule has 1 fully saturated rings. The number of nitrogens with zero attached hydrogens (tertiary/aromatic N) is 4. The predicted octanol–water partition coefficient (Wildman–Crippen LogP) is 2.28. The van der Waals surface area contributed by atoms with Crippen LogP contribution in [0.4, 0.5) is 0 Å². The maximum absolute atomic E-state index is 12.5. The first-order valence-electron chi connectivity index (χ1n) is 7.95. The quantitative estimate of drug-likeness (QED) is 0.863. The van der Waals surface area contributed by atoms with E-state index in [1.165, 1.54) is 0 Å². The molecule has 6 heteroatoms. The molecule has 3 heterocycles. The zero-order valence-electron chi connectivity index (χ0n) is 13.3. The molecule has 1 aliphatic heterocycles. The number of piperidine rings is 1. The average molecular weight is 322 g/mol. The van der Waals surface area contributed by atoms with Crippen LogP contribution in [0.5, 0.6) is 5.88 Å². The van der Waals surface area contributed by atoms with Gasteiger partial charge in [-0.1, -0.05) is 6.07 Å². The van der Waals surface area contributed by atoms with Gasteiger partial charge in [-0.2, -0.15) is 5.26 Å². The summed E-state index contributed by atoms with van der Waals surface area (Å²) < 4.78 is 5.71. The molecule has 1 aliphatic rings. The number of aromatic nitrogens is 2. The summed E-state index contributed by atoms with van der Waals surface area (Å²) in [5, 5.41) is 8.90. The summed E-state index contributed by atoms with van der Waals surface area (Å²) in [6, 6.07) is 10.7. The van der Waals surface area contributed by atoms with Crippen molar-refractivity contribution < 1.29 is 9.53 Å². The van der Waals surface area contributed by atoms with Gasteiger partial charge in [-0.05, 0) is 31.0 Å². The lowest BCUT2D eigenvalue weighted by Gasteiger charge is -2.32. The van der Waals surface area contributed by atoms with Crippen molar-refractivity contribution in [3.05, 3.63) is 54.0 Å². The zero-order valence-corrected chi connectivity index (χ0v) is 13.3. The minimum absolute atomic E-state index is 0.0371. The van der Waals surface area contributed by atoms with Gasteiger partial charge < -0.3 is 9.64 Å². The molecule has 0 saturated carbocycles. The van der Waals surface area contributed by atoms with Crippen LogP contribution in [0.2, 0.25) is 0 Å². The number of carbonyl (C=O) groups is 1. The summed E-state index contributed by atoms with van der Waals surface area (Å²) in [6.45, 7) is 1.87. The molecule has 3 rings (SSSR count). The maximum atomic E-state index is 12.5. The third-order valence-corrected chi connectivity index (χ3v) is 4.02. The normalized spacial score (nSPS) is 17.1. The molecule has 1 saturated heterocycles. The molecule has 0 bridgehead atoms. The molecule has 0 radical (unpaired) electrons. The lowest BCUT2D eigenvalue weighted by Crippen LogP contribution is -2.41. The molecule has 1 unspecified atom stereocenters. The fourth-order valence-electron chi connectivity index (χ4n) is 2.80. The summed E-state index contributed by atoms with van der Waals surface area (Å²) in [7, 11) is 0. The SMILES string of the molecule is N#Cc1ccnc(OCC2CCCN(C(=O)c3ccccn3)C2)c1. The van der Waals surface area contributed by atoms with Crippen LogP contribution in [0, 0.1) is 17.2 Å². The maximum Gasteiger partial charge on any atom is 0.272 e. The van der Waals surface area contributed by atoms with E-state index in [4.69, 9.17) is 10.00 Å². The highest BCUT2D eigenvalue weighted by Crippen LogP contribution is 2.19. The number of nitriles is 1. The zero-order chi connectivity index (χ0) is 16.8. The van der Waals surface area contributed by atoms with Crippen LogP contribution < -0.4 is 4.74 Å². The summed E-state index contributed by atoms with van der Waals surface area (Å²) >= 11 is 0. The highest BCUT2D eigenvalue weighted by atomic mass is 16.5. The van der Waals surface area contributed by atoms with Crippen LogP contribution >= 0.6 is 0 Å². The average Bonchev–Trinajstić information content (AvgIpc) is 2.67. The molecule has 0 N–H and O–H groups in total. The van der Waals surface area contributed by atoms with Gasteiger partial charge in [0.1, 0.15) is 5.69 Å². The highest BCUT2D eigenvalue weighted by Gasteiger charge is 2.25. The van der Waals surface area contributed by atoms with E-state index in [9.17, 15) is 4.79 Å². The molecule has 2 aromatic heterocycles. The standard InChI is InChI=1S/C18H18N4O2/c19-11-14-6-8-21-17(10-14)24-13-15-4-3-9-22(12-15)18(23)16-5-1-2-7-20-16/h1-2,5-8,10,15H,3-4,9,12-13H2. The first kappa shape index (κ1) is 15.9. The van der Waals surface area contributed by atoms with Crippen molar-refractivity contribution in [2.24, 2.45) is 5.92 Å². The molecule has 1 atom stereocenters. The molecule has 122 valence electrons. The van der Waals surface area contributed by atoms with Gasteiger partial charge in [0.2, 0.25) is 5.88 Å². The lowest BCUT2D eigenvalue weighted by molar-refractivity contribution is 0.0625. The number of hydrogen-bond acceptors (Lipinski definition) is 5. The van der Waals surface area contributed by atoms with Crippen LogP contribution in [-0.4, -0.2) is 40.5 Å². The molecule has 24 heavy (non-hydrogen) atoms. The Morgan fingerprint density at radius 1 is 1.33 bits per heavy atom. The highest BCUT2D eigenvalue weighted by molar-refractivity contribution is 5.92. The molecule has 0 spiro atoms. The van der Waals surface area contributed by atoms with Crippen molar-refractivity contribution in [1.29, 1.82) is 5.26 Å². The van der Waals surface area contributed by atoms with Crippen molar-refractivity contribution >= 4 is 5.91 Å². The Bertz CT molecular complexity index is 742. The van der Waals surface area contributed by atoms with E-state index >= 15 is 0 Å². The van der Waals surface area contributed by atoms with Crippen molar-refractivity contribution in [3.8, 4) is 11.9 Å². The van der Waals surface area contributed by atoms with E-state index in [1.54, 1.807) is 36.7 Å². The summed E-state index contributed by atoms with van der Waals surface area (Å²) in [4.78, 5) is 22.5. The van der Waals surface area contributed by atoms with Crippen LogP contribution in [0.25, 0.3) is 0 Å². The minimum Gasteiger partial charge on any atom is -0.477 e. The Balaban J connectivity index is 1.57. The fraction of sp³-hybridized carbons (Fsp3) is 0.333. The van der Waals surface area contributed by atoms with Crippen molar-refractivity contribution in [3.63, 3.8) is 0 Å². The Kier molecular flexibility index (Phi) is 5.02. The smallest absolute Gasteiger partial charge is 0.272 e. The summed E-state index contributed by atoms with van der Waals surface area (Å²) in [5.41, 5.74) is 0.998. The number of carbonyl (C=O) groups excluding carboxylic acids is 1. The second kappa shape index (κ2) is 7.55. The second-order valence-corrected chi connectivity index (χ2v) is 5.78. The molecular formula is C18H18N4O2. The summed E-state index contributed by atoms with van der Waals surface area (Å²) in [5.74, 6) is 0.658. The number of rotatable bonds is 4. The third kappa shape index (κ3) is 3.87. The first-order valence-corrected chi connectivity index (χ1v) is 7.95. The Morgan fingerprint density at radius 3 is 3.04 bits per heavy atom. The Morgan fingerprint density at radius 2 is 2.25 bits per heavy atom. The van der Waals surface area contributed by atoms with Crippen molar-refractivity contribution in [1.82, 2.24) is 14.9 Å². The van der Waals surface area contributed by atoms with Crippen LogP contribution in [0.3, 0.4) is 0 Å². The summed E-state index contributed by atoms with van der Waals surface area (Å²) in [6.07, 6.45) is 5.14. The van der Waals surface area contributed by atoms with Gasteiger partial charge in [0.05, 0.1) is 18.2 Å². The van der Waals surface area contributed by atoms with Gasteiger partial charge in [0.15, 0.2) is 0 Å². The molecule has 0 aliphatic carbocycles. The van der Waals surface area contributed by atoms with Crippen LogP contribution in [0.1, 0.15) is 28.9 Å². The van der Waals surface area contributed by atoms with Crippen LogP contribution in [0.15, 0.2) is 42.7 Å². The largest absolute Gasteiger partial charge is 0.477 e.